The van der Waals surface area contributed by atoms with Gasteiger partial charge < -0.3 is 4.43 Å². The van der Waals surface area contributed by atoms with E-state index in [9.17, 15) is 0 Å². The fraction of sp³-hybridized carbons (Fsp3) is 0.222. The molecule has 0 aliphatic heterocycles. The van der Waals surface area contributed by atoms with Crippen LogP contribution in [0.25, 0.3) is 12.2 Å². The molecule has 0 saturated heterocycles. The molecular weight excluding hydrogens is 260 g/mol. The topological polar surface area (TPSA) is 9.23 Å². The Morgan fingerprint density at radius 1 is 0.900 bits per heavy atom. The first kappa shape index (κ1) is 14.6. The van der Waals surface area contributed by atoms with Crippen LogP contribution in [0.5, 0.6) is 5.75 Å². The molecule has 0 aliphatic carbocycles. The fourth-order valence-electron chi connectivity index (χ4n) is 2.50. The van der Waals surface area contributed by atoms with Gasteiger partial charge in [-0.1, -0.05) is 62.4 Å². The van der Waals surface area contributed by atoms with Crippen molar-refractivity contribution in [2.45, 2.75) is 26.7 Å². The lowest BCUT2D eigenvalue weighted by Crippen LogP contribution is -1.99. The number of benzene rings is 2. The molecule has 0 amide bonds. The Kier molecular flexibility index (Phi) is 5.19. The molecule has 0 unspecified atom stereocenters. The van der Waals surface area contributed by atoms with Gasteiger partial charge in [0.05, 0.1) is 0 Å². The summed E-state index contributed by atoms with van der Waals surface area (Å²) in [5, 5.41) is 0. The third-order valence-electron chi connectivity index (χ3n) is 3.50. The van der Waals surface area contributed by atoms with E-state index in [2.05, 4.69) is 66.8 Å². The second-order valence-electron chi connectivity index (χ2n) is 4.66. The van der Waals surface area contributed by atoms with E-state index in [1.807, 2.05) is 12.1 Å². The van der Waals surface area contributed by atoms with Gasteiger partial charge in [0.1, 0.15) is 5.75 Å². The minimum Gasteiger partial charge on any atom is -0.540 e. The summed E-state index contributed by atoms with van der Waals surface area (Å²) in [7, 11) is 3.14. The summed E-state index contributed by atoms with van der Waals surface area (Å²) in [5.41, 5.74) is 5.11. The van der Waals surface area contributed by atoms with E-state index in [-0.39, 0.29) is 0 Å². The van der Waals surface area contributed by atoms with Crippen LogP contribution in [0.3, 0.4) is 0 Å². The van der Waals surface area contributed by atoms with Crippen molar-refractivity contribution in [1.82, 2.24) is 0 Å². The van der Waals surface area contributed by atoms with Gasteiger partial charge in [0.2, 0.25) is 0 Å². The van der Waals surface area contributed by atoms with Crippen molar-refractivity contribution in [2.75, 3.05) is 0 Å². The van der Waals surface area contributed by atoms with Crippen LogP contribution in [0, 0.1) is 0 Å². The Bertz CT molecular complexity index is 588. The zero-order valence-corrected chi connectivity index (χ0v) is 13.0. The Balaban J connectivity index is 2.39. The zero-order chi connectivity index (χ0) is 14.4. The van der Waals surface area contributed by atoms with Crippen molar-refractivity contribution in [1.29, 1.82) is 0 Å². The van der Waals surface area contributed by atoms with E-state index in [1.165, 1.54) is 22.3 Å². The van der Waals surface area contributed by atoms with Crippen LogP contribution in [0.4, 0.5) is 0 Å². The molecule has 3 radical (unpaired) electrons. The molecule has 2 heteroatoms. The van der Waals surface area contributed by atoms with Gasteiger partial charge in [-0.3, -0.25) is 0 Å². The molecule has 2 aromatic carbocycles. The SMILES string of the molecule is CCc1c(C=Cc2ccccc2)ccc(O[Si])c1CC. The minimum atomic E-state index is 0.915. The molecule has 0 spiro atoms. The van der Waals surface area contributed by atoms with Gasteiger partial charge in [-0.15, -0.1) is 0 Å². The summed E-state index contributed by atoms with van der Waals surface area (Å²) in [4.78, 5) is 0. The van der Waals surface area contributed by atoms with Crippen LogP contribution >= 0.6 is 0 Å². The highest BCUT2D eigenvalue weighted by Crippen LogP contribution is 2.27. The van der Waals surface area contributed by atoms with Gasteiger partial charge in [0, 0.05) is 0 Å². The number of hydrogen-bond acceptors (Lipinski definition) is 1. The van der Waals surface area contributed by atoms with Crippen molar-refractivity contribution >= 4 is 22.6 Å². The molecule has 0 aliphatic rings. The maximum atomic E-state index is 5.28. The van der Waals surface area contributed by atoms with Crippen LogP contribution < -0.4 is 4.43 Å². The second kappa shape index (κ2) is 7.11. The first-order valence-corrected chi connectivity index (χ1v) is 7.42. The second-order valence-corrected chi connectivity index (χ2v) is 4.87. The van der Waals surface area contributed by atoms with E-state index in [1.54, 1.807) is 0 Å². The summed E-state index contributed by atoms with van der Waals surface area (Å²) < 4.78 is 5.28. The normalized spacial score (nSPS) is 10.9. The minimum absolute atomic E-state index is 0.915. The molecule has 2 aromatic rings. The first-order chi connectivity index (χ1) is 9.80. The van der Waals surface area contributed by atoms with Crippen LogP contribution in [-0.4, -0.2) is 10.5 Å². The largest absolute Gasteiger partial charge is 0.540 e. The standard InChI is InChI=1S/C18H19OSi/c1-3-16-15(11-10-14-8-6-5-7-9-14)12-13-18(19-20)17(16)4-2/h5-13H,3-4H2,1-2H3. The maximum absolute atomic E-state index is 5.28. The Labute approximate surface area is 124 Å². The predicted octanol–water partition coefficient (Wildman–Crippen LogP) is 4.44. The summed E-state index contributed by atoms with van der Waals surface area (Å²) in [6, 6.07) is 14.5. The van der Waals surface area contributed by atoms with Crippen LogP contribution in [0.2, 0.25) is 0 Å². The molecule has 0 heterocycles. The molecule has 2 rings (SSSR count). The van der Waals surface area contributed by atoms with Crippen molar-refractivity contribution < 1.29 is 4.43 Å². The molecule has 0 N–H and O–H groups in total. The lowest BCUT2D eigenvalue weighted by Gasteiger charge is -2.14. The maximum Gasteiger partial charge on any atom is 0.341 e. The van der Waals surface area contributed by atoms with Crippen molar-refractivity contribution in [3.05, 3.63) is 64.7 Å². The average molecular weight is 279 g/mol. The van der Waals surface area contributed by atoms with Gasteiger partial charge in [-0.2, -0.15) is 0 Å². The smallest absolute Gasteiger partial charge is 0.341 e. The van der Waals surface area contributed by atoms with E-state index < -0.39 is 0 Å². The van der Waals surface area contributed by atoms with Crippen LogP contribution in [0.15, 0.2) is 42.5 Å². The zero-order valence-electron chi connectivity index (χ0n) is 12.0. The molecule has 0 aromatic heterocycles. The quantitative estimate of drug-likeness (QED) is 0.580. The van der Waals surface area contributed by atoms with E-state index in [0.717, 1.165) is 18.6 Å². The number of hydrogen-bond donors (Lipinski definition) is 0. The van der Waals surface area contributed by atoms with Crippen molar-refractivity contribution in [2.24, 2.45) is 0 Å². The summed E-state index contributed by atoms with van der Waals surface area (Å²) in [6.45, 7) is 4.35. The molecule has 0 fully saturated rings. The summed E-state index contributed by atoms with van der Waals surface area (Å²) in [6.07, 6.45) is 6.31. The third kappa shape index (κ3) is 3.20. The van der Waals surface area contributed by atoms with Gasteiger partial charge >= 0.3 is 10.5 Å². The van der Waals surface area contributed by atoms with Gasteiger partial charge in [0.15, 0.2) is 0 Å². The molecule has 0 saturated carbocycles. The van der Waals surface area contributed by atoms with Gasteiger partial charge in [0.25, 0.3) is 0 Å². The van der Waals surface area contributed by atoms with Crippen molar-refractivity contribution in [3.8, 4) is 5.75 Å². The molecular formula is C18H19OSi. The average Bonchev–Trinajstić information content (AvgIpc) is 2.52. The lowest BCUT2D eigenvalue weighted by molar-refractivity contribution is 0.604. The Morgan fingerprint density at radius 3 is 2.20 bits per heavy atom. The highest BCUT2D eigenvalue weighted by Gasteiger charge is 2.09. The monoisotopic (exact) mass is 279 g/mol. The van der Waals surface area contributed by atoms with Crippen LogP contribution in [-0.2, 0) is 12.8 Å². The molecule has 0 bridgehead atoms. The first-order valence-electron chi connectivity index (χ1n) is 7.01. The molecule has 20 heavy (non-hydrogen) atoms. The summed E-state index contributed by atoms with van der Waals surface area (Å²) >= 11 is 0. The molecule has 0 atom stereocenters. The number of rotatable bonds is 5. The lowest BCUT2D eigenvalue weighted by atomic mass is 9.95. The van der Waals surface area contributed by atoms with Crippen LogP contribution in [0.1, 0.15) is 36.1 Å². The Morgan fingerprint density at radius 2 is 1.60 bits per heavy atom. The van der Waals surface area contributed by atoms with Gasteiger partial charge in [-0.25, -0.2) is 0 Å². The van der Waals surface area contributed by atoms with Gasteiger partial charge in [-0.05, 0) is 41.2 Å². The third-order valence-corrected chi connectivity index (χ3v) is 3.72. The van der Waals surface area contributed by atoms with Crippen molar-refractivity contribution in [3.63, 3.8) is 0 Å². The van der Waals surface area contributed by atoms with E-state index >= 15 is 0 Å². The summed E-state index contributed by atoms with van der Waals surface area (Å²) in [5.74, 6) is 0.915. The highest BCUT2D eigenvalue weighted by atomic mass is 28.2. The predicted molar refractivity (Wildman–Crippen MR) is 87.0 cm³/mol. The molecule has 101 valence electrons. The molecule has 1 nitrogen and oxygen atoms in total. The fourth-order valence-corrected chi connectivity index (χ4v) is 2.69. The van der Waals surface area contributed by atoms with E-state index in [4.69, 9.17) is 4.43 Å². The van der Waals surface area contributed by atoms with E-state index in [0.29, 0.717) is 0 Å². The Hall–Kier alpha value is -1.80. The highest BCUT2D eigenvalue weighted by molar-refractivity contribution is 6.00.